The smallest absolute Gasteiger partial charge is 0.263 e. The van der Waals surface area contributed by atoms with Gasteiger partial charge >= 0.3 is 5.72 Å². The van der Waals surface area contributed by atoms with Crippen molar-refractivity contribution >= 4 is 0 Å². The summed E-state index contributed by atoms with van der Waals surface area (Å²) in [5, 5.41) is 3.10. The van der Waals surface area contributed by atoms with Gasteiger partial charge in [-0.25, -0.2) is 0 Å². The molecule has 0 aromatic heterocycles. The molecule has 122 valence electrons. The molecule has 0 aliphatic rings. The van der Waals surface area contributed by atoms with E-state index in [0.717, 1.165) is 0 Å². The normalized spacial score (nSPS) is 17.1. The Morgan fingerprint density at radius 2 is 1.40 bits per heavy atom. The summed E-state index contributed by atoms with van der Waals surface area (Å²) in [5.41, 5.74) is 1.18. The van der Waals surface area contributed by atoms with E-state index in [1.165, 1.54) is 0 Å². The Labute approximate surface area is 122 Å². The molecule has 20 heavy (non-hydrogen) atoms. The second kappa shape index (κ2) is 6.60. The molecule has 1 unspecified atom stereocenters. The van der Waals surface area contributed by atoms with Crippen molar-refractivity contribution in [2.45, 2.75) is 58.3 Å². The quantitative estimate of drug-likeness (QED) is 0.139. The number of nitrogens with zero attached hydrogens (tertiary/aromatic N) is 2. The zero-order valence-electron chi connectivity index (χ0n) is 13.7. The Hall–Kier alpha value is -0.360. The standard InChI is InChI=1S/C11H34N8O/c1-7-10(4,16-5)19(14,15)20-11(8-2,9-3)18(12,13)17-6/h16-17H,7-9,12-15H2,1-6H3/q+2. The van der Waals surface area contributed by atoms with Crippen molar-refractivity contribution in [3.05, 3.63) is 0 Å². The zero-order valence-corrected chi connectivity index (χ0v) is 13.7. The van der Waals surface area contributed by atoms with Crippen LogP contribution in [0.3, 0.4) is 0 Å². The highest BCUT2D eigenvalue weighted by Gasteiger charge is 2.58. The molecule has 0 aromatic rings. The van der Waals surface area contributed by atoms with E-state index < -0.39 is 21.1 Å². The van der Waals surface area contributed by atoms with Crippen LogP contribution < -0.4 is 34.1 Å². The summed E-state index contributed by atoms with van der Waals surface area (Å²) in [6, 6.07) is 0. The van der Waals surface area contributed by atoms with Crippen molar-refractivity contribution in [3.8, 4) is 0 Å². The van der Waals surface area contributed by atoms with E-state index in [1.54, 1.807) is 14.1 Å². The fraction of sp³-hybridized carbons (Fsp3) is 1.00. The highest BCUT2D eigenvalue weighted by atomic mass is 16.8. The third kappa shape index (κ3) is 3.27. The Morgan fingerprint density at radius 1 is 0.950 bits per heavy atom. The molecule has 0 aliphatic carbocycles. The molecule has 0 heterocycles. The first kappa shape index (κ1) is 19.6. The van der Waals surface area contributed by atoms with Crippen LogP contribution in [0.25, 0.3) is 0 Å². The van der Waals surface area contributed by atoms with Crippen molar-refractivity contribution in [3.63, 3.8) is 0 Å². The minimum absolute atomic E-state index is 0.530. The predicted octanol–water partition coefficient (Wildman–Crippen LogP) is -0.957. The molecule has 0 bridgehead atoms. The summed E-state index contributed by atoms with van der Waals surface area (Å²) in [5.74, 6) is 24.5. The molecule has 0 saturated carbocycles. The van der Waals surface area contributed by atoms with Crippen LogP contribution in [-0.2, 0) is 4.84 Å². The average molecular weight is 294 g/mol. The van der Waals surface area contributed by atoms with Gasteiger partial charge in [-0.2, -0.15) is 0 Å². The molecular formula is C11H34N8O+2. The van der Waals surface area contributed by atoms with Crippen LogP contribution in [0.2, 0.25) is 0 Å². The van der Waals surface area contributed by atoms with Crippen molar-refractivity contribution < 1.29 is 14.5 Å². The van der Waals surface area contributed by atoms with E-state index in [-0.39, 0.29) is 0 Å². The highest BCUT2D eigenvalue weighted by molar-refractivity contribution is 4.67. The van der Waals surface area contributed by atoms with Gasteiger partial charge < -0.3 is 0 Å². The second-order valence-electron chi connectivity index (χ2n) is 5.33. The molecule has 1 atom stereocenters. The summed E-state index contributed by atoms with van der Waals surface area (Å²) in [6.07, 6.45) is 1.74. The predicted molar refractivity (Wildman–Crippen MR) is 78.5 cm³/mol. The van der Waals surface area contributed by atoms with Crippen molar-refractivity contribution in [1.82, 2.24) is 10.7 Å². The molecule has 0 spiro atoms. The van der Waals surface area contributed by atoms with Gasteiger partial charge in [-0.1, -0.05) is 30.4 Å². The fourth-order valence-electron chi connectivity index (χ4n) is 2.15. The second-order valence-corrected chi connectivity index (χ2v) is 5.33. The van der Waals surface area contributed by atoms with Crippen LogP contribution in [0.15, 0.2) is 0 Å². The van der Waals surface area contributed by atoms with Crippen LogP contribution >= 0.6 is 0 Å². The lowest BCUT2D eigenvalue weighted by atomic mass is 10.1. The van der Waals surface area contributed by atoms with Gasteiger partial charge in [0.25, 0.3) is 0 Å². The van der Waals surface area contributed by atoms with Crippen LogP contribution in [0.4, 0.5) is 0 Å². The van der Waals surface area contributed by atoms with Crippen LogP contribution in [0.5, 0.6) is 0 Å². The van der Waals surface area contributed by atoms with Crippen LogP contribution in [0.1, 0.15) is 47.0 Å². The van der Waals surface area contributed by atoms with E-state index in [4.69, 9.17) is 28.2 Å². The molecular weight excluding hydrogens is 260 g/mol. The van der Waals surface area contributed by atoms with E-state index >= 15 is 0 Å². The molecule has 9 nitrogen and oxygen atoms in total. The maximum atomic E-state index is 6.19. The molecule has 0 saturated heterocycles. The Morgan fingerprint density at radius 3 is 1.65 bits per heavy atom. The number of hydroxylamine groups is 1. The largest absolute Gasteiger partial charge is 0.310 e. The molecule has 0 amide bonds. The third-order valence-corrected chi connectivity index (χ3v) is 4.47. The molecule has 10 N–H and O–H groups in total. The molecule has 0 rings (SSSR count). The molecule has 0 aromatic carbocycles. The highest BCUT2D eigenvalue weighted by Crippen LogP contribution is 2.30. The summed E-state index contributed by atoms with van der Waals surface area (Å²) in [6.45, 7) is 7.70. The first-order valence-corrected chi connectivity index (χ1v) is 7.02. The monoisotopic (exact) mass is 294 g/mol. The van der Waals surface area contributed by atoms with Crippen molar-refractivity contribution in [2.75, 3.05) is 14.1 Å². The number of hydrogen-bond donors (Lipinski definition) is 6. The summed E-state index contributed by atoms with van der Waals surface area (Å²) < 4.78 is 0. The lowest BCUT2D eigenvalue weighted by molar-refractivity contribution is -1.22. The van der Waals surface area contributed by atoms with Gasteiger partial charge in [-0.15, -0.1) is 28.8 Å². The van der Waals surface area contributed by atoms with E-state index in [2.05, 4.69) is 10.7 Å². The van der Waals surface area contributed by atoms with Crippen LogP contribution in [-0.4, -0.2) is 35.2 Å². The topological polar surface area (TPSA) is 137 Å². The number of hydrogen-bond acceptors (Lipinski definition) is 7. The number of quaternary nitrogens is 2. The zero-order chi connectivity index (χ0) is 16.2. The summed E-state index contributed by atoms with van der Waals surface area (Å²) >= 11 is 0. The molecule has 0 aliphatic heterocycles. The van der Waals surface area contributed by atoms with Gasteiger partial charge in [0.2, 0.25) is 5.66 Å². The lowest BCUT2D eigenvalue weighted by Gasteiger charge is -2.47. The Balaban J connectivity index is 5.59. The SMILES string of the molecule is CCC(CC)(O[N+](N)(N)C(C)(CC)NC)[N+](N)(N)NC. The summed E-state index contributed by atoms with van der Waals surface area (Å²) in [4.78, 5) is 4.80. The van der Waals surface area contributed by atoms with Crippen LogP contribution in [0, 0.1) is 0 Å². The Bertz CT molecular complexity index is 299. The summed E-state index contributed by atoms with van der Waals surface area (Å²) in [7, 11) is 3.44. The number of nitrogens with two attached hydrogens (primary N) is 4. The van der Waals surface area contributed by atoms with E-state index in [0.29, 0.717) is 19.3 Å². The number of nitrogens with one attached hydrogen (secondary N) is 2. The van der Waals surface area contributed by atoms with Gasteiger partial charge in [-0.3, -0.25) is 5.32 Å². The Kier molecular flexibility index (Phi) is 6.48. The first-order chi connectivity index (χ1) is 9.01. The first-order valence-electron chi connectivity index (χ1n) is 7.02. The van der Waals surface area contributed by atoms with Crippen molar-refractivity contribution in [2.24, 2.45) is 23.4 Å². The minimum atomic E-state index is -0.967. The maximum absolute atomic E-state index is 6.19. The van der Waals surface area contributed by atoms with Crippen molar-refractivity contribution in [1.29, 1.82) is 0 Å². The average Bonchev–Trinajstić information content (AvgIpc) is 2.43. The van der Waals surface area contributed by atoms with Gasteiger partial charge in [0.1, 0.15) is 0 Å². The lowest BCUT2D eigenvalue weighted by Crippen LogP contribution is -2.85. The molecule has 9 heteroatoms. The van der Waals surface area contributed by atoms with E-state index in [1.807, 2.05) is 27.7 Å². The fourth-order valence-corrected chi connectivity index (χ4v) is 2.15. The minimum Gasteiger partial charge on any atom is -0.263 e. The van der Waals surface area contributed by atoms with Gasteiger partial charge in [-0.05, 0) is 11.9 Å². The van der Waals surface area contributed by atoms with Gasteiger partial charge in [0.15, 0.2) is 0 Å². The third-order valence-electron chi connectivity index (χ3n) is 4.47. The van der Waals surface area contributed by atoms with E-state index in [9.17, 15) is 0 Å². The maximum Gasteiger partial charge on any atom is 0.310 e. The molecule has 0 radical (unpaired) electrons. The number of rotatable bonds is 9. The van der Waals surface area contributed by atoms with Gasteiger partial charge in [0, 0.05) is 33.2 Å². The van der Waals surface area contributed by atoms with Gasteiger partial charge in [0.05, 0.1) is 0 Å². The molecule has 0 fully saturated rings.